The van der Waals surface area contributed by atoms with Crippen molar-refractivity contribution in [2.24, 2.45) is 0 Å². The lowest BCUT2D eigenvalue weighted by atomic mass is 10.0. The fourth-order valence-electron chi connectivity index (χ4n) is 2.52. The molecule has 5 heteroatoms. The van der Waals surface area contributed by atoms with E-state index in [1.54, 1.807) is 16.7 Å². The second-order valence-corrected chi connectivity index (χ2v) is 5.81. The van der Waals surface area contributed by atoms with E-state index in [0.29, 0.717) is 18.7 Å². The number of carbonyl (C=O) groups is 1. The van der Waals surface area contributed by atoms with Crippen molar-refractivity contribution < 1.29 is 4.79 Å². The topological polar surface area (TPSA) is 56.1 Å². The highest BCUT2D eigenvalue weighted by molar-refractivity contribution is 7.98. The Kier molecular flexibility index (Phi) is 4.03. The molecule has 0 aliphatic carbocycles. The standard InChI is InChI=1S/C17H15N3OS/c1-22-16-10-14(13-4-2-12(11-18)3-5-13)6-7-15(16)20-9-8-19-17(20)21/h2-7,10H,8-9H2,1H3,(H,19,21). The summed E-state index contributed by atoms with van der Waals surface area (Å²) in [4.78, 5) is 14.7. The fourth-order valence-corrected chi connectivity index (χ4v) is 3.15. The van der Waals surface area contributed by atoms with Gasteiger partial charge >= 0.3 is 6.03 Å². The Bertz CT molecular complexity index is 749. The molecule has 0 radical (unpaired) electrons. The largest absolute Gasteiger partial charge is 0.336 e. The lowest BCUT2D eigenvalue weighted by Crippen LogP contribution is -2.28. The number of hydrogen-bond acceptors (Lipinski definition) is 3. The van der Waals surface area contributed by atoms with E-state index in [2.05, 4.69) is 17.5 Å². The predicted molar refractivity (Wildman–Crippen MR) is 89.1 cm³/mol. The maximum absolute atomic E-state index is 11.8. The summed E-state index contributed by atoms with van der Waals surface area (Å²) in [5, 5.41) is 11.7. The second-order valence-electron chi connectivity index (χ2n) is 4.96. The lowest BCUT2D eigenvalue weighted by molar-refractivity contribution is 0.252. The third kappa shape index (κ3) is 2.66. The average molecular weight is 309 g/mol. The molecule has 0 spiro atoms. The number of anilines is 1. The van der Waals surface area contributed by atoms with E-state index in [1.165, 1.54) is 0 Å². The van der Waals surface area contributed by atoms with Crippen LogP contribution in [0.25, 0.3) is 11.1 Å². The maximum atomic E-state index is 11.8. The third-order valence-electron chi connectivity index (χ3n) is 3.67. The zero-order valence-corrected chi connectivity index (χ0v) is 13.0. The van der Waals surface area contributed by atoms with Crippen LogP contribution in [0.4, 0.5) is 10.5 Å². The van der Waals surface area contributed by atoms with E-state index in [1.807, 2.05) is 42.7 Å². The minimum atomic E-state index is -0.0403. The molecule has 1 fully saturated rings. The van der Waals surface area contributed by atoms with Gasteiger partial charge in [0, 0.05) is 18.0 Å². The van der Waals surface area contributed by atoms with Crippen LogP contribution in [0.3, 0.4) is 0 Å². The first kappa shape index (κ1) is 14.5. The van der Waals surface area contributed by atoms with Crippen molar-refractivity contribution in [1.82, 2.24) is 5.32 Å². The van der Waals surface area contributed by atoms with Gasteiger partial charge in [-0.3, -0.25) is 4.90 Å². The van der Waals surface area contributed by atoms with Gasteiger partial charge in [0.1, 0.15) is 0 Å². The van der Waals surface area contributed by atoms with E-state index >= 15 is 0 Å². The Morgan fingerprint density at radius 2 is 1.91 bits per heavy atom. The number of urea groups is 1. The summed E-state index contributed by atoms with van der Waals surface area (Å²) in [5.74, 6) is 0. The van der Waals surface area contributed by atoms with Gasteiger partial charge in [0.15, 0.2) is 0 Å². The van der Waals surface area contributed by atoms with Crippen LogP contribution >= 0.6 is 11.8 Å². The molecule has 1 aliphatic rings. The Morgan fingerprint density at radius 1 is 1.18 bits per heavy atom. The monoisotopic (exact) mass is 309 g/mol. The predicted octanol–water partition coefficient (Wildman–Crippen LogP) is 3.48. The van der Waals surface area contributed by atoms with E-state index in [9.17, 15) is 4.79 Å². The summed E-state index contributed by atoms with van der Waals surface area (Å²) in [6.07, 6.45) is 2.01. The van der Waals surface area contributed by atoms with E-state index in [-0.39, 0.29) is 6.03 Å². The number of amides is 2. The van der Waals surface area contributed by atoms with Gasteiger partial charge in [-0.25, -0.2) is 4.79 Å². The van der Waals surface area contributed by atoms with Crippen LogP contribution in [0, 0.1) is 11.3 Å². The fraction of sp³-hybridized carbons (Fsp3) is 0.176. The number of carbonyl (C=O) groups excluding carboxylic acids is 1. The third-order valence-corrected chi connectivity index (χ3v) is 4.44. The maximum Gasteiger partial charge on any atom is 0.322 e. The second kappa shape index (κ2) is 6.12. The van der Waals surface area contributed by atoms with Crippen molar-refractivity contribution in [1.29, 1.82) is 5.26 Å². The SMILES string of the molecule is CSc1cc(-c2ccc(C#N)cc2)ccc1N1CCNC1=O. The van der Waals surface area contributed by atoms with Gasteiger partial charge in [-0.2, -0.15) is 5.26 Å². The van der Waals surface area contributed by atoms with Crippen molar-refractivity contribution in [3.63, 3.8) is 0 Å². The zero-order valence-electron chi connectivity index (χ0n) is 12.2. The summed E-state index contributed by atoms with van der Waals surface area (Å²) in [6.45, 7) is 1.38. The number of thioether (sulfide) groups is 1. The molecule has 2 amide bonds. The average Bonchev–Trinajstić information content (AvgIpc) is 3.00. The first-order valence-electron chi connectivity index (χ1n) is 6.97. The van der Waals surface area contributed by atoms with Gasteiger partial charge in [-0.05, 0) is 41.6 Å². The van der Waals surface area contributed by atoms with Gasteiger partial charge in [-0.1, -0.05) is 18.2 Å². The van der Waals surface area contributed by atoms with Crippen LogP contribution in [-0.4, -0.2) is 25.4 Å². The highest BCUT2D eigenvalue weighted by atomic mass is 32.2. The first-order chi connectivity index (χ1) is 10.7. The Balaban J connectivity index is 1.97. The van der Waals surface area contributed by atoms with Gasteiger partial charge < -0.3 is 5.32 Å². The summed E-state index contributed by atoms with van der Waals surface area (Å²) in [7, 11) is 0. The molecular weight excluding hydrogens is 294 g/mol. The highest BCUT2D eigenvalue weighted by Gasteiger charge is 2.23. The molecular formula is C17H15N3OS. The van der Waals surface area contributed by atoms with Gasteiger partial charge in [0.2, 0.25) is 0 Å². The van der Waals surface area contributed by atoms with Crippen molar-refractivity contribution >= 4 is 23.5 Å². The molecule has 3 rings (SSSR count). The van der Waals surface area contributed by atoms with Crippen molar-refractivity contribution in [2.45, 2.75) is 4.90 Å². The molecule has 0 bridgehead atoms. The molecule has 1 heterocycles. The molecule has 1 saturated heterocycles. The van der Waals surface area contributed by atoms with Crippen LogP contribution in [0.2, 0.25) is 0 Å². The Morgan fingerprint density at radius 3 is 2.50 bits per heavy atom. The van der Waals surface area contributed by atoms with E-state index in [4.69, 9.17) is 5.26 Å². The van der Waals surface area contributed by atoms with Gasteiger partial charge in [0.05, 0.1) is 17.3 Å². The molecule has 22 heavy (non-hydrogen) atoms. The lowest BCUT2D eigenvalue weighted by Gasteiger charge is -2.18. The Labute approximate surface area is 133 Å². The number of nitriles is 1. The first-order valence-corrected chi connectivity index (χ1v) is 8.19. The van der Waals surface area contributed by atoms with Gasteiger partial charge in [-0.15, -0.1) is 11.8 Å². The van der Waals surface area contributed by atoms with Crippen LogP contribution in [0.15, 0.2) is 47.4 Å². The van der Waals surface area contributed by atoms with Crippen LogP contribution < -0.4 is 10.2 Å². The summed E-state index contributed by atoms with van der Waals surface area (Å²) < 4.78 is 0. The summed E-state index contributed by atoms with van der Waals surface area (Å²) in [5.41, 5.74) is 3.74. The highest BCUT2D eigenvalue weighted by Crippen LogP contribution is 2.34. The number of rotatable bonds is 3. The number of nitrogens with one attached hydrogen (secondary N) is 1. The van der Waals surface area contributed by atoms with Crippen molar-refractivity contribution in [3.8, 4) is 17.2 Å². The molecule has 0 saturated carbocycles. The molecule has 1 N–H and O–H groups in total. The van der Waals surface area contributed by atoms with E-state index in [0.717, 1.165) is 21.7 Å². The molecule has 0 atom stereocenters. The molecule has 4 nitrogen and oxygen atoms in total. The Hall–Kier alpha value is -2.45. The van der Waals surface area contributed by atoms with E-state index < -0.39 is 0 Å². The summed E-state index contributed by atoms with van der Waals surface area (Å²) in [6, 6.07) is 15.7. The molecule has 0 aromatic heterocycles. The normalized spacial score (nSPS) is 13.8. The number of benzene rings is 2. The number of nitrogens with zero attached hydrogens (tertiary/aromatic N) is 2. The van der Waals surface area contributed by atoms with Crippen molar-refractivity contribution in [3.05, 3.63) is 48.0 Å². The molecule has 1 aliphatic heterocycles. The van der Waals surface area contributed by atoms with Crippen LogP contribution in [0.5, 0.6) is 0 Å². The summed E-state index contributed by atoms with van der Waals surface area (Å²) >= 11 is 1.63. The molecule has 2 aromatic rings. The number of hydrogen-bond donors (Lipinski definition) is 1. The minimum absolute atomic E-state index is 0.0403. The molecule has 0 unspecified atom stereocenters. The molecule has 110 valence electrons. The quantitative estimate of drug-likeness (QED) is 0.883. The smallest absolute Gasteiger partial charge is 0.322 e. The van der Waals surface area contributed by atoms with Gasteiger partial charge in [0.25, 0.3) is 0 Å². The van der Waals surface area contributed by atoms with Crippen LogP contribution in [-0.2, 0) is 0 Å². The zero-order chi connectivity index (χ0) is 15.5. The minimum Gasteiger partial charge on any atom is -0.336 e. The van der Waals surface area contributed by atoms with Crippen LogP contribution in [0.1, 0.15) is 5.56 Å². The van der Waals surface area contributed by atoms with Crippen molar-refractivity contribution in [2.75, 3.05) is 24.2 Å². The molecule has 2 aromatic carbocycles.